The number of hydrogen-bond donors (Lipinski definition) is 1. The lowest BCUT2D eigenvalue weighted by atomic mass is 10.0. The van der Waals surface area contributed by atoms with E-state index in [9.17, 15) is 4.39 Å². The van der Waals surface area contributed by atoms with Crippen LogP contribution < -0.4 is 5.32 Å². The second-order valence-electron chi connectivity index (χ2n) is 5.49. The van der Waals surface area contributed by atoms with Crippen molar-refractivity contribution in [2.24, 2.45) is 0 Å². The number of anilines is 1. The fraction of sp³-hybridized carbons (Fsp3) is 0.438. The Balaban J connectivity index is 2.23. The van der Waals surface area contributed by atoms with E-state index in [0.29, 0.717) is 16.8 Å². The molecule has 0 radical (unpaired) electrons. The number of hydrogen-bond acceptors (Lipinski definition) is 2. The summed E-state index contributed by atoms with van der Waals surface area (Å²) in [5, 5.41) is 3.94. The van der Waals surface area contributed by atoms with Gasteiger partial charge in [-0.15, -0.1) is 0 Å². The Kier molecular flexibility index (Phi) is 4.23. The van der Waals surface area contributed by atoms with Gasteiger partial charge in [0.25, 0.3) is 0 Å². The Morgan fingerprint density at radius 1 is 1.29 bits per heavy atom. The van der Waals surface area contributed by atoms with Gasteiger partial charge in [-0.3, -0.25) is 4.98 Å². The Bertz CT molecular complexity index is 682. The molecule has 0 unspecified atom stereocenters. The van der Waals surface area contributed by atoms with Crippen LogP contribution >= 0.6 is 23.2 Å². The molecule has 1 aromatic heterocycles. The summed E-state index contributed by atoms with van der Waals surface area (Å²) in [6.07, 6.45) is 4.80. The molecule has 1 aliphatic carbocycles. The number of nitrogens with zero attached hydrogens (tertiary/aromatic N) is 1. The topological polar surface area (TPSA) is 24.9 Å². The number of pyridine rings is 1. The highest BCUT2D eigenvalue weighted by Crippen LogP contribution is 2.40. The Morgan fingerprint density at radius 2 is 2.00 bits per heavy atom. The van der Waals surface area contributed by atoms with Gasteiger partial charge in [0.1, 0.15) is 0 Å². The van der Waals surface area contributed by atoms with Crippen molar-refractivity contribution in [2.45, 2.75) is 38.5 Å². The summed E-state index contributed by atoms with van der Waals surface area (Å²) in [7, 11) is 0. The lowest BCUT2D eigenvalue weighted by Gasteiger charge is -2.16. The van der Waals surface area contributed by atoms with Crippen LogP contribution in [0.2, 0.25) is 10.0 Å². The van der Waals surface area contributed by atoms with Gasteiger partial charge in [0.05, 0.1) is 15.6 Å². The third-order valence-electron chi connectivity index (χ3n) is 4.09. The minimum Gasteiger partial charge on any atom is -0.385 e. The van der Waals surface area contributed by atoms with E-state index in [4.69, 9.17) is 23.2 Å². The molecule has 2 aromatic rings. The zero-order valence-electron chi connectivity index (χ0n) is 11.8. The van der Waals surface area contributed by atoms with Gasteiger partial charge in [-0.2, -0.15) is 0 Å². The molecular weight excluding hydrogens is 310 g/mol. The highest BCUT2D eigenvalue weighted by molar-refractivity contribution is 6.39. The van der Waals surface area contributed by atoms with E-state index in [2.05, 4.69) is 10.3 Å². The molecule has 2 nitrogen and oxygen atoms in total. The molecule has 112 valence electrons. The number of halogens is 3. The first-order valence-corrected chi connectivity index (χ1v) is 8.09. The third kappa shape index (κ3) is 2.69. The second kappa shape index (κ2) is 5.98. The summed E-state index contributed by atoms with van der Waals surface area (Å²) in [5.41, 5.74) is 2.55. The Labute approximate surface area is 133 Å². The zero-order valence-corrected chi connectivity index (χ0v) is 13.4. The van der Waals surface area contributed by atoms with Crippen LogP contribution in [0.15, 0.2) is 12.1 Å². The van der Waals surface area contributed by atoms with Crippen molar-refractivity contribution in [1.29, 1.82) is 0 Å². The lowest BCUT2D eigenvalue weighted by Crippen LogP contribution is -2.04. The normalized spacial score (nSPS) is 15.8. The third-order valence-corrected chi connectivity index (χ3v) is 4.72. The summed E-state index contributed by atoms with van der Waals surface area (Å²) in [6, 6.07) is 3.58. The summed E-state index contributed by atoms with van der Waals surface area (Å²) in [6.45, 7) is 2.74. The highest BCUT2D eigenvalue weighted by Gasteiger charge is 2.22. The standard InChI is InChI=1S/C16H17Cl2FN2/c1-2-20-12-8-11(9-5-3-4-6-9)21-13-7-10(17)16(19)15(18)14(12)13/h7-9H,2-6H2,1H3,(H,20,21). The minimum absolute atomic E-state index is 0.0195. The second-order valence-corrected chi connectivity index (χ2v) is 6.27. The van der Waals surface area contributed by atoms with Crippen molar-refractivity contribution in [3.8, 4) is 0 Å². The van der Waals surface area contributed by atoms with Gasteiger partial charge < -0.3 is 5.32 Å². The molecule has 21 heavy (non-hydrogen) atoms. The van der Waals surface area contributed by atoms with Crippen molar-refractivity contribution in [3.05, 3.63) is 33.7 Å². The van der Waals surface area contributed by atoms with Gasteiger partial charge in [0.2, 0.25) is 0 Å². The monoisotopic (exact) mass is 326 g/mol. The molecule has 5 heteroatoms. The minimum atomic E-state index is -0.583. The quantitative estimate of drug-likeness (QED) is 0.724. The Hall–Kier alpha value is -1.06. The van der Waals surface area contributed by atoms with Crippen molar-refractivity contribution >= 4 is 39.8 Å². The molecular formula is C16H17Cl2FN2. The fourth-order valence-corrected chi connectivity index (χ4v) is 3.63. The van der Waals surface area contributed by atoms with Gasteiger partial charge in [0.15, 0.2) is 5.82 Å². The van der Waals surface area contributed by atoms with Gasteiger partial charge in [0, 0.05) is 29.2 Å². The van der Waals surface area contributed by atoms with Crippen LogP contribution in [0, 0.1) is 5.82 Å². The molecule has 0 amide bonds. The van der Waals surface area contributed by atoms with Gasteiger partial charge in [-0.1, -0.05) is 36.0 Å². The molecule has 0 atom stereocenters. The maximum Gasteiger partial charge on any atom is 0.161 e. The van der Waals surface area contributed by atoms with Gasteiger partial charge >= 0.3 is 0 Å². The summed E-state index contributed by atoms with van der Waals surface area (Å²) in [5.74, 6) is -0.102. The summed E-state index contributed by atoms with van der Waals surface area (Å²) in [4.78, 5) is 4.69. The van der Waals surface area contributed by atoms with Crippen molar-refractivity contribution < 1.29 is 4.39 Å². The Morgan fingerprint density at radius 3 is 2.67 bits per heavy atom. The predicted octanol–water partition coefficient (Wildman–Crippen LogP) is 5.77. The maximum absolute atomic E-state index is 14.0. The van der Waals surface area contributed by atoms with E-state index in [1.165, 1.54) is 12.8 Å². The summed E-state index contributed by atoms with van der Waals surface area (Å²) < 4.78 is 14.0. The molecule has 1 N–H and O–H groups in total. The number of fused-ring (bicyclic) bond motifs is 1. The van der Waals surface area contributed by atoms with Crippen molar-refractivity contribution in [2.75, 3.05) is 11.9 Å². The van der Waals surface area contributed by atoms with Crippen LogP contribution in [-0.2, 0) is 0 Å². The van der Waals surface area contributed by atoms with Gasteiger partial charge in [-0.05, 0) is 31.9 Å². The molecule has 0 spiro atoms. The number of nitrogens with one attached hydrogen (secondary N) is 1. The average molecular weight is 327 g/mol. The van der Waals surface area contributed by atoms with E-state index >= 15 is 0 Å². The van der Waals surface area contributed by atoms with E-state index in [1.54, 1.807) is 6.07 Å². The number of benzene rings is 1. The van der Waals surface area contributed by atoms with E-state index in [1.807, 2.05) is 13.0 Å². The molecule has 1 aliphatic rings. The molecule has 0 aliphatic heterocycles. The molecule has 1 saturated carbocycles. The first-order chi connectivity index (χ1) is 10.1. The first-order valence-electron chi connectivity index (χ1n) is 7.33. The number of aromatic nitrogens is 1. The molecule has 0 bridgehead atoms. The van der Waals surface area contributed by atoms with Crippen molar-refractivity contribution in [3.63, 3.8) is 0 Å². The molecule has 1 fully saturated rings. The van der Waals surface area contributed by atoms with Crippen molar-refractivity contribution in [1.82, 2.24) is 4.98 Å². The maximum atomic E-state index is 14.0. The SMILES string of the molecule is CCNc1cc(C2CCCC2)nc2cc(Cl)c(F)c(Cl)c12. The highest BCUT2D eigenvalue weighted by atomic mass is 35.5. The number of rotatable bonds is 3. The van der Waals surface area contributed by atoms with Crippen LogP contribution in [0.5, 0.6) is 0 Å². The van der Waals surface area contributed by atoms with E-state index in [0.717, 1.165) is 30.8 Å². The average Bonchev–Trinajstić information content (AvgIpc) is 2.99. The van der Waals surface area contributed by atoms with E-state index < -0.39 is 5.82 Å². The molecule has 1 aromatic carbocycles. The van der Waals surface area contributed by atoms with Crippen LogP contribution in [0.3, 0.4) is 0 Å². The predicted molar refractivity (Wildman–Crippen MR) is 87.1 cm³/mol. The zero-order chi connectivity index (χ0) is 15.0. The van der Waals surface area contributed by atoms with Crippen LogP contribution in [0.25, 0.3) is 10.9 Å². The molecule has 1 heterocycles. The summed E-state index contributed by atoms with van der Waals surface area (Å²) >= 11 is 12.1. The molecule has 3 rings (SSSR count). The van der Waals surface area contributed by atoms with Crippen LogP contribution in [0.4, 0.5) is 10.1 Å². The smallest absolute Gasteiger partial charge is 0.161 e. The lowest BCUT2D eigenvalue weighted by molar-refractivity contribution is 0.630. The fourth-order valence-electron chi connectivity index (χ4n) is 3.08. The van der Waals surface area contributed by atoms with Crippen LogP contribution in [-0.4, -0.2) is 11.5 Å². The molecule has 0 saturated heterocycles. The van der Waals surface area contributed by atoms with Gasteiger partial charge in [-0.25, -0.2) is 4.39 Å². The first kappa shape index (κ1) is 14.9. The van der Waals surface area contributed by atoms with Crippen LogP contribution in [0.1, 0.15) is 44.2 Å². The van der Waals surface area contributed by atoms with E-state index in [-0.39, 0.29) is 10.0 Å². The largest absolute Gasteiger partial charge is 0.385 e.